The molecule has 0 aliphatic heterocycles. The lowest BCUT2D eigenvalue weighted by Crippen LogP contribution is -2.48. The molecule has 0 aromatic heterocycles. The smallest absolute Gasteiger partial charge is 0.331 e. The van der Waals surface area contributed by atoms with Gasteiger partial charge in [-0.15, -0.1) is 0 Å². The summed E-state index contributed by atoms with van der Waals surface area (Å²) >= 11 is 0. The summed E-state index contributed by atoms with van der Waals surface area (Å²) in [6.45, 7) is 0. The molecule has 0 fully saturated rings. The van der Waals surface area contributed by atoms with Gasteiger partial charge in [-0.05, 0) is 29.5 Å². The van der Waals surface area contributed by atoms with Gasteiger partial charge < -0.3 is 5.11 Å². The molecule has 4 rings (SSSR count). The first kappa shape index (κ1) is 18.2. The topological polar surface area (TPSA) is 49.3 Å². The molecule has 1 aliphatic carbocycles. The van der Waals surface area contributed by atoms with Crippen molar-refractivity contribution in [1.29, 1.82) is 0 Å². The molecule has 0 spiro atoms. The Balaban J connectivity index is 1.90. The third-order valence-corrected chi connectivity index (χ3v) is 5.42. The second kappa shape index (κ2) is 7.83. The molecule has 3 nitrogen and oxygen atoms in total. The molecule has 2 N–H and O–H groups in total. The first-order chi connectivity index (χ1) is 13.7. The molecule has 3 aromatic rings. The van der Waals surface area contributed by atoms with Gasteiger partial charge in [0.05, 0.1) is 5.54 Å². The van der Waals surface area contributed by atoms with Crippen LogP contribution >= 0.6 is 0 Å². The summed E-state index contributed by atoms with van der Waals surface area (Å²) < 4.78 is 0. The molecule has 3 aromatic carbocycles. The highest BCUT2D eigenvalue weighted by molar-refractivity contribution is 5.87. The predicted molar refractivity (Wildman–Crippen MR) is 111 cm³/mol. The minimum atomic E-state index is -0.825. The van der Waals surface area contributed by atoms with Gasteiger partial charge in [0.15, 0.2) is 0 Å². The van der Waals surface area contributed by atoms with Crippen LogP contribution in [0.3, 0.4) is 0 Å². The van der Waals surface area contributed by atoms with Crippen molar-refractivity contribution in [3.63, 3.8) is 0 Å². The molecule has 0 heterocycles. The van der Waals surface area contributed by atoms with Crippen molar-refractivity contribution in [3.05, 3.63) is 119 Å². The average Bonchev–Trinajstić information content (AvgIpc) is 3.23. The average molecular weight is 369 g/mol. The number of rotatable bonds is 6. The van der Waals surface area contributed by atoms with E-state index in [9.17, 15) is 9.90 Å². The Morgan fingerprint density at radius 2 is 1.21 bits per heavy atom. The number of nitrogens with one attached hydrogen (secondary N) is 1. The van der Waals surface area contributed by atoms with E-state index in [1.54, 1.807) is 0 Å². The van der Waals surface area contributed by atoms with Crippen molar-refractivity contribution < 1.29 is 9.90 Å². The van der Waals surface area contributed by atoms with Gasteiger partial charge in [-0.2, -0.15) is 0 Å². The molecular formula is C25H23NO2. The first-order valence-electron chi connectivity index (χ1n) is 9.58. The lowest BCUT2D eigenvalue weighted by Gasteiger charge is -2.39. The molecular weight excluding hydrogens is 346 g/mol. The lowest BCUT2D eigenvalue weighted by molar-refractivity contribution is -0.132. The summed E-state index contributed by atoms with van der Waals surface area (Å²) in [6.07, 6.45) is 3.23. The van der Waals surface area contributed by atoms with Gasteiger partial charge in [0.2, 0.25) is 0 Å². The lowest BCUT2D eigenvalue weighted by atomic mass is 9.76. The van der Waals surface area contributed by atoms with Crippen molar-refractivity contribution in [2.24, 2.45) is 0 Å². The third-order valence-electron chi connectivity index (χ3n) is 5.42. The van der Waals surface area contributed by atoms with Crippen LogP contribution < -0.4 is 5.32 Å². The molecule has 1 atom stereocenters. The maximum Gasteiger partial charge on any atom is 0.331 e. The normalized spacial score (nSPS) is 16.6. The van der Waals surface area contributed by atoms with Crippen LogP contribution in [0.25, 0.3) is 0 Å². The van der Waals surface area contributed by atoms with E-state index < -0.39 is 11.5 Å². The zero-order chi connectivity index (χ0) is 19.4. The van der Waals surface area contributed by atoms with Crippen LogP contribution in [0.1, 0.15) is 29.5 Å². The van der Waals surface area contributed by atoms with Crippen LogP contribution in [0.15, 0.2) is 103 Å². The van der Waals surface area contributed by atoms with Crippen molar-refractivity contribution >= 4 is 5.97 Å². The molecule has 0 saturated heterocycles. The number of carboxylic acid groups (broad SMARTS) is 1. The summed E-state index contributed by atoms with van der Waals surface area (Å²) in [4.78, 5) is 11.4. The van der Waals surface area contributed by atoms with Gasteiger partial charge in [-0.1, -0.05) is 97.1 Å². The summed E-state index contributed by atoms with van der Waals surface area (Å²) in [7, 11) is 0. The number of benzene rings is 3. The van der Waals surface area contributed by atoms with Gasteiger partial charge in [-0.25, -0.2) is 4.79 Å². The Kier molecular flexibility index (Phi) is 5.09. The monoisotopic (exact) mass is 369 g/mol. The predicted octanol–water partition coefficient (Wildman–Crippen LogP) is 4.74. The SMILES string of the molecule is O=C(O)C1=C[C@H](NC(c2ccccc2)(c2ccccc2)c2ccccc2)CC1. The van der Waals surface area contributed by atoms with E-state index in [4.69, 9.17) is 0 Å². The molecule has 28 heavy (non-hydrogen) atoms. The molecule has 0 saturated carbocycles. The fraction of sp³-hybridized carbons (Fsp3) is 0.160. The fourth-order valence-corrected chi connectivity index (χ4v) is 4.11. The van der Waals surface area contributed by atoms with E-state index in [-0.39, 0.29) is 6.04 Å². The van der Waals surface area contributed by atoms with Crippen LogP contribution in [0.4, 0.5) is 0 Å². The molecule has 0 unspecified atom stereocenters. The minimum Gasteiger partial charge on any atom is -0.478 e. The van der Waals surface area contributed by atoms with Gasteiger partial charge in [0.1, 0.15) is 0 Å². The van der Waals surface area contributed by atoms with E-state index in [1.165, 1.54) is 0 Å². The van der Waals surface area contributed by atoms with Gasteiger partial charge in [-0.3, -0.25) is 5.32 Å². The van der Waals surface area contributed by atoms with Gasteiger partial charge >= 0.3 is 5.97 Å². The first-order valence-corrected chi connectivity index (χ1v) is 9.58. The van der Waals surface area contributed by atoms with Crippen molar-refractivity contribution in [2.75, 3.05) is 0 Å². The van der Waals surface area contributed by atoms with Gasteiger partial charge in [0.25, 0.3) is 0 Å². The van der Waals surface area contributed by atoms with E-state index in [0.717, 1.165) is 23.1 Å². The summed E-state index contributed by atoms with van der Waals surface area (Å²) in [6, 6.07) is 31.1. The zero-order valence-electron chi connectivity index (χ0n) is 15.6. The summed E-state index contributed by atoms with van der Waals surface area (Å²) in [5.74, 6) is -0.825. The second-order valence-corrected chi connectivity index (χ2v) is 7.13. The van der Waals surface area contributed by atoms with Crippen LogP contribution in [0, 0.1) is 0 Å². The molecule has 0 bridgehead atoms. The zero-order valence-corrected chi connectivity index (χ0v) is 15.6. The number of carboxylic acids is 1. The Morgan fingerprint density at radius 1 is 0.786 bits per heavy atom. The third kappa shape index (κ3) is 3.37. The second-order valence-electron chi connectivity index (χ2n) is 7.13. The molecule has 0 amide bonds. The fourth-order valence-electron chi connectivity index (χ4n) is 4.11. The summed E-state index contributed by atoms with van der Waals surface area (Å²) in [5, 5.41) is 13.2. The standard InChI is InChI=1S/C25H23NO2/c27-24(28)19-16-17-23(18-19)26-25(20-10-4-1-5-11-20,21-12-6-2-7-13-21)22-14-8-3-9-15-22/h1-15,18,23,26H,16-17H2,(H,27,28)/t23-/m1/s1. The van der Waals surface area contributed by atoms with Crippen molar-refractivity contribution in [3.8, 4) is 0 Å². The molecule has 1 aliphatic rings. The highest BCUT2D eigenvalue weighted by atomic mass is 16.4. The van der Waals surface area contributed by atoms with Crippen LogP contribution in [-0.4, -0.2) is 17.1 Å². The number of hydrogen-bond donors (Lipinski definition) is 2. The van der Waals surface area contributed by atoms with Gasteiger partial charge in [0, 0.05) is 11.6 Å². The molecule has 140 valence electrons. The van der Waals surface area contributed by atoms with E-state index in [0.29, 0.717) is 12.0 Å². The summed E-state index contributed by atoms with van der Waals surface area (Å²) in [5.41, 5.74) is 3.30. The van der Waals surface area contributed by atoms with E-state index in [2.05, 4.69) is 41.7 Å². The van der Waals surface area contributed by atoms with Crippen LogP contribution in [0.5, 0.6) is 0 Å². The van der Waals surface area contributed by atoms with E-state index in [1.807, 2.05) is 60.7 Å². The Bertz CT molecular complexity index is 869. The number of hydrogen-bond acceptors (Lipinski definition) is 2. The highest BCUT2D eigenvalue weighted by Crippen LogP contribution is 2.38. The highest BCUT2D eigenvalue weighted by Gasteiger charge is 2.38. The van der Waals surface area contributed by atoms with Crippen molar-refractivity contribution in [2.45, 2.75) is 24.4 Å². The maximum absolute atomic E-state index is 11.4. The molecule has 3 heteroatoms. The quantitative estimate of drug-likeness (QED) is 0.617. The van der Waals surface area contributed by atoms with Crippen molar-refractivity contribution in [1.82, 2.24) is 5.32 Å². The number of aliphatic carboxylic acids is 1. The minimum absolute atomic E-state index is 0.0216. The Hall–Kier alpha value is -3.17. The Morgan fingerprint density at radius 3 is 1.57 bits per heavy atom. The van der Waals surface area contributed by atoms with Crippen LogP contribution in [-0.2, 0) is 10.3 Å². The Labute approximate surface area is 165 Å². The molecule has 0 radical (unpaired) electrons. The number of carbonyl (C=O) groups is 1. The largest absolute Gasteiger partial charge is 0.478 e. The maximum atomic E-state index is 11.4. The van der Waals surface area contributed by atoms with E-state index >= 15 is 0 Å². The van der Waals surface area contributed by atoms with Crippen LogP contribution in [0.2, 0.25) is 0 Å².